The second-order valence-electron chi connectivity index (χ2n) is 5.17. The topological polar surface area (TPSA) is 47.6 Å². The normalized spacial score (nSPS) is 13.8. The first-order chi connectivity index (χ1) is 10.1. The molecule has 1 aliphatic heterocycles. The second-order valence-corrected chi connectivity index (χ2v) is 5.17. The minimum absolute atomic E-state index is 0.0832. The van der Waals surface area contributed by atoms with E-state index in [1.807, 2.05) is 56.3 Å². The lowest BCUT2D eigenvalue weighted by Gasteiger charge is -2.15. The van der Waals surface area contributed by atoms with Gasteiger partial charge >= 0.3 is 0 Å². The smallest absolute Gasteiger partial charge is 0.251 e. The maximum absolute atomic E-state index is 12.2. The van der Waals surface area contributed by atoms with Gasteiger partial charge in [0, 0.05) is 5.56 Å². The van der Waals surface area contributed by atoms with Crippen molar-refractivity contribution in [3.8, 4) is 11.5 Å². The molecule has 0 fully saturated rings. The molecule has 2 aromatic carbocycles. The maximum atomic E-state index is 12.2. The van der Waals surface area contributed by atoms with Crippen LogP contribution >= 0.6 is 0 Å². The van der Waals surface area contributed by atoms with Gasteiger partial charge in [-0.15, -0.1) is 0 Å². The van der Waals surface area contributed by atoms with Crippen molar-refractivity contribution in [1.29, 1.82) is 0 Å². The Morgan fingerprint density at radius 3 is 2.57 bits per heavy atom. The van der Waals surface area contributed by atoms with Crippen molar-refractivity contribution in [1.82, 2.24) is 5.32 Å². The van der Waals surface area contributed by atoms with Crippen LogP contribution in [0.5, 0.6) is 11.5 Å². The lowest BCUT2D eigenvalue weighted by Crippen LogP contribution is -2.26. The zero-order valence-corrected chi connectivity index (χ0v) is 12.1. The number of hydrogen-bond donors (Lipinski definition) is 1. The summed E-state index contributed by atoms with van der Waals surface area (Å²) in [5, 5.41) is 2.99. The van der Waals surface area contributed by atoms with E-state index in [4.69, 9.17) is 9.47 Å². The van der Waals surface area contributed by atoms with Crippen LogP contribution in [0, 0.1) is 6.92 Å². The summed E-state index contributed by atoms with van der Waals surface area (Å²) >= 11 is 0. The third-order valence-electron chi connectivity index (χ3n) is 3.56. The minimum atomic E-state index is -0.103. The van der Waals surface area contributed by atoms with E-state index in [1.165, 1.54) is 0 Å². The number of nitrogens with one attached hydrogen (secondary N) is 1. The number of fused-ring (bicyclic) bond motifs is 1. The summed E-state index contributed by atoms with van der Waals surface area (Å²) < 4.78 is 10.6. The highest BCUT2D eigenvalue weighted by molar-refractivity contribution is 5.94. The molecule has 0 aromatic heterocycles. The van der Waals surface area contributed by atoms with Crippen molar-refractivity contribution in [3.63, 3.8) is 0 Å². The van der Waals surface area contributed by atoms with Crippen molar-refractivity contribution in [2.75, 3.05) is 6.79 Å². The first kappa shape index (κ1) is 13.5. The summed E-state index contributed by atoms with van der Waals surface area (Å²) in [6, 6.07) is 13.1. The predicted octanol–water partition coefficient (Wildman–Crippen LogP) is 3.21. The number of ether oxygens (including phenoxy) is 2. The van der Waals surface area contributed by atoms with E-state index in [-0.39, 0.29) is 18.7 Å². The Kier molecular flexibility index (Phi) is 3.52. The molecule has 1 aliphatic rings. The molecule has 4 nitrogen and oxygen atoms in total. The van der Waals surface area contributed by atoms with Crippen LogP contribution in [0.3, 0.4) is 0 Å². The van der Waals surface area contributed by atoms with Gasteiger partial charge in [-0.25, -0.2) is 0 Å². The molecule has 0 aliphatic carbocycles. The zero-order chi connectivity index (χ0) is 14.8. The number of hydrogen-bond acceptors (Lipinski definition) is 3. The summed E-state index contributed by atoms with van der Waals surface area (Å²) in [6.07, 6.45) is 0. The lowest BCUT2D eigenvalue weighted by atomic mass is 10.1. The first-order valence-electron chi connectivity index (χ1n) is 6.90. The highest BCUT2D eigenvalue weighted by atomic mass is 16.7. The highest BCUT2D eigenvalue weighted by Crippen LogP contribution is 2.34. The van der Waals surface area contributed by atoms with E-state index in [0.717, 1.165) is 22.6 Å². The molecule has 0 bridgehead atoms. The Morgan fingerprint density at radius 1 is 1.10 bits per heavy atom. The fraction of sp³-hybridized carbons (Fsp3) is 0.235. The van der Waals surface area contributed by atoms with Crippen LogP contribution in [-0.2, 0) is 0 Å². The minimum Gasteiger partial charge on any atom is -0.454 e. The van der Waals surface area contributed by atoms with Crippen molar-refractivity contribution in [2.24, 2.45) is 0 Å². The number of aryl methyl sites for hydroxylation is 1. The molecule has 1 unspecified atom stereocenters. The molecule has 1 N–H and O–H groups in total. The van der Waals surface area contributed by atoms with Crippen LogP contribution in [0.4, 0.5) is 0 Å². The van der Waals surface area contributed by atoms with Crippen molar-refractivity contribution in [3.05, 3.63) is 59.2 Å². The van der Waals surface area contributed by atoms with E-state index < -0.39 is 0 Å². The average molecular weight is 283 g/mol. The van der Waals surface area contributed by atoms with Crippen LogP contribution in [0.2, 0.25) is 0 Å². The van der Waals surface area contributed by atoms with Crippen molar-refractivity contribution in [2.45, 2.75) is 19.9 Å². The van der Waals surface area contributed by atoms with Gasteiger partial charge in [-0.3, -0.25) is 4.79 Å². The number of amides is 1. The fourth-order valence-corrected chi connectivity index (χ4v) is 2.25. The van der Waals surface area contributed by atoms with E-state index in [9.17, 15) is 4.79 Å². The van der Waals surface area contributed by atoms with Gasteiger partial charge in [0.05, 0.1) is 6.04 Å². The summed E-state index contributed by atoms with van der Waals surface area (Å²) in [5.41, 5.74) is 2.78. The third-order valence-corrected chi connectivity index (χ3v) is 3.56. The molecule has 1 amide bonds. The SMILES string of the molecule is Cc1ccc(C(=O)NC(C)c2ccc3c(c2)OCO3)cc1. The largest absolute Gasteiger partial charge is 0.454 e. The third kappa shape index (κ3) is 2.84. The van der Waals surface area contributed by atoms with E-state index in [2.05, 4.69) is 5.32 Å². The molecule has 0 spiro atoms. The Labute approximate surface area is 123 Å². The average Bonchev–Trinajstić information content (AvgIpc) is 2.95. The maximum Gasteiger partial charge on any atom is 0.251 e. The molecule has 2 aromatic rings. The van der Waals surface area contributed by atoms with Gasteiger partial charge in [-0.05, 0) is 43.7 Å². The van der Waals surface area contributed by atoms with E-state index >= 15 is 0 Å². The molecule has 0 saturated heterocycles. The summed E-state index contributed by atoms with van der Waals surface area (Å²) in [5.74, 6) is 1.39. The van der Waals surface area contributed by atoms with Gasteiger partial charge in [-0.2, -0.15) is 0 Å². The quantitative estimate of drug-likeness (QED) is 0.941. The molecular weight excluding hydrogens is 266 g/mol. The summed E-state index contributed by atoms with van der Waals surface area (Å²) in [7, 11) is 0. The van der Waals surface area contributed by atoms with Gasteiger partial charge in [0.1, 0.15) is 0 Å². The molecule has 21 heavy (non-hydrogen) atoms. The van der Waals surface area contributed by atoms with Gasteiger partial charge in [0.25, 0.3) is 5.91 Å². The Morgan fingerprint density at radius 2 is 1.81 bits per heavy atom. The first-order valence-corrected chi connectivity index (χ1v) is 6.90. The molecule has 3 rings (SSSR count). The molecule has 0 saturated carbocycles. The molecular formula is C17H17NO3. The van der Waals surface area contributed by atoms with Crippen LogP contribution in [0.15, 0.2) is 42.5 Å². The number of rotatable bonds is 3. The van der Waals surface area contributed by atoms with Crippen molar-refractivity contribution < 1.29 is 14.3 Å². The zero-order valence-electron chi connectivity index (χ0n) is 12.1. The number of benzene rings is 2. The van der Waals surface area contributed by atoms with Gasteiger partial charge in [0.15, 0.2) is 11.5 Å². The number of carbonyl (C=O) groups is 1. The Balaban J connectivity index is 1.72. The van der Waals surface area contributed by atoms with Crippen molar-refractivity contribution >= 4 is 5.91 Å². The van der Waals surface area contributed by atoms with Gasteiger partial charge in [-0.1, -0.05) is 23.8 Å². The lowest BCUT2D eigenvalue weighted by molar-refractivity contribution is 0.0940. The van der Waals surface area contributed by atoms with Gasteiger partial charge in [0.2, 0.25) is 6.79 Å². The molecule has 1 heterocycles. The fourth-order valence-electron chi connectivity index (χ4n) is 2.25. The van der Waals surface area contributed by atoms with E-state index in [1.54, 1.807) is 0 Å². The second kappa shape index (κ2) is 5.48. The molecule has 4 heteroatoms. The standard InChI is InChI=1S/C17H17NO3/c1-11-3-5-13(6-4-11)17(19)18-12(2)14-7-8-15-16(9-14)21-10-20-15/h3-9,12H,10H2,1-2H3,(H,18,19). The highest BCUT2D eigenvalue weighted by Gasteiger charge is 2.17. The van der Waals surface area contributed by atoms with E-state index in [0.29, 0.717) is 5.56 Å². The molecule has 108 valence electrons. The van der Waals surface area contributed by atoms with Crippen LogP contribution in [0.1, 0.15) is 34.5 Å². The summed E-state index contributed by atoms with van der Waals surface area (Å²) in [4.78, 5) is 12.2. The molecule has 1 atom stereocenters. The predicted molar refractivity (Wildman–Crippen MR) is 79.6 cm³/mol. The van der Waals surface area contributed by atoms with Crippen LogP contribution in [-0.4, -0.2) is 12.7 Å². The van der Waals surface area contributed by atoms with Crippen LogP contribution in [0.25, 0.3) is 0 Å². The van der Waals surface area contributed by atoms with Crippen LogP contribution < -0.4 is 14.8 Å². The Bertz CT molecular complexity index is 664. The summed E-state index contributed by atoms with van der Waals surface area (Å²) in [6.45, 7) is 4.20. The molecule has 0 radical (unpaired) electrons. The Hall–Kier alpha value is -2.49. The monoisotopic (exact) mass is 283 g/mol. The number of carbonyl (C=O) groups excluding carboxylic acids is 1. The van der Waals surface area contributed by atoms with Gasteiger partial charge < -0.3 is 14.8 Å².